The summed E-state index contributed by atoms with van der Waals surface area (Å²) in [7, 11) is 0. The van der Waals surface area contributed by atoms with E-state index in [2.05, 4.69) is 158 Å². The van der Waals surface area contributed by atoms with E-state index < -0.39 is 0 Å². The van der Waals surface area contributed by atoms with Crippen molar-refractivity contribution in [2.24, 2.45) is 0 Å². The van der Waals surface area contributed by atoms with Crippen molar-refractivity contribution in [1.82, 2.24) is 0 Å². The molecule has 0 aliphatic carbocycles. The highest BCUT2D eigenvalue weighted by Gasteiger charge is 2.21. The average Bonchev–Trinajstić information content (AvgIpc) is 3.72. The molecule has 0 bridgehead atoms. The zero-order valence-electron chi connectivity index (χ0n) is 26.0. The second-order valence-corrected chi connectivity index (χ2v) is 12.4. The van der Waals surface area contributed by atoms with Gasteiger partial charge in [0.2, 0.25) is 0 Å². The van der Waals surface area contributed by atoms with Gasteiger partial charge in [0.15, 0.2) is 0 Å². The zero-order chi connectivity index (χ0) is 31.6. The van der Waals surface area contributed by atoms with E-state index in [-0.39, 0.29) is 0 Å². The van der Waals surface area contributed by atoms with Crippen molar-refractivity contribution in [2.45, 2.75) is 0 Å². The molecule has 0 saturated carbocycles. The van der Waals surface area contributed by atoms with E-state index in [1.165, 1.54) is 32.7 Å². The summed E-state index contributed by atoms with van der Waals surface area (Å²) < 4.78 is 13.3. The molecule has 0 fully saturated rings. The van der Waals surface area contributed by atoms with Crippen molar-refractivity contribution in [2.75, 3.05) is 0 Å². The molecular formula is C46H28O2. The number of furan rings is 2. The molecule has 0 amide bonds. The van der Waals surface area contributed by atoms with Crippen LogP contribution in [0.3, 0.4) is 0 Å². The fourth-order valence-electron chi connectivity index (χ4n) is 7.58. The van der Waals surface area contributed by atoms with Crippen molar-refractivity contribution in [3.05, 3.63) is 170 Å². The molecule has 10 rings (SSSR count). The van der Waals surface area contributed by atoms with Crippen LogP contribution in [0.1, 0.15) is 0 Å². The number of hydrogen-bond donors (Lipinski definition) is 0. The topological polar surface area (TPSA) is 26.3 Å². The lowest BCUT2D eigenvalue weighted by atomic mass is 9.92. The molecule has 2 heterocycles. The second kappa shape index (κ2) is 10.6. The van der Waals surface area contributed by atoms with Crippen LogP contribution in [0.5, 0.6) is 0 Å². The first kappa shape index (κ1) is 26.8. The minimum absolute atomic E-state index is 0.856. The Labute approximate surface area is 276 Å². The van der Waals surface area contributed by atoms with E-state index in [1.807, 2.05) is 12.1 Å². The standard InChI is InChI=1S/C46H28O2/c1-2-4-18-35(34-24-13-15-29-14-5-6-17-31(29)34)36-20-8-7-19-33(36)32(16-3-1)30-26-27-40-42(28-30)48-46-38-22-10-9-21-37(38)45-43(44(40)46)39-23-11-12-25-41(39)47-45/h1-28H. The SMILES string of the molecule is c1cccc(-c2cccc3ccccc23)c2ccccc2c(-c2ccc3c(c2)oc2c4ccccc4c4oc5ccccc5c4c32)cc1. The summed E-state index contributed by atoms with van der Waals surface area (Å²) in [6, 6.07) is 60.2. The lowest BCUT2D eigenvalue weighted by molar-refractivity contribution is 0.668. The summed E-state index contributed by atoms with van der Waals surface area (Å²) in [5.41, 5.74) is 8.16. The molecule has 0 aliphatic heterocycles. The van der Waals surface area contributed by atoms with Gasteiger partial charge in [-0.3, -0.25) is 0 Å². The highest BCUT2D eigenvalue weighted by Crippen LogP contribution is 2.46. The van der Waals surface area contributed by atoms with Crippen LogP contribution in [0.2, 0.25) is 0 Å². The Morgan fingerprint density at radius 3 is 1.52 bits per heavy atom. The number of para-hydroxylation sites is 1. The maximum absolute atomic E-state index is 6.84. The van der Waals surface area contributed by atoms with E-state index in [0.29, 0.717) is 0 Å². The van der Waals surface area contributed by atoms with Gasteiger partial charge in [-0.05, 0) is 62.0 Å². The van der Waals surface area contributed by atoms with Gasteiger partial charge in [0, 0.05) is 32.3 Å². The summed E-state index contributed by atoms with van der Waals surface area (Å²) in [4.78, 5) is 0. The molecule has 48 heavy (non-hydrogen) atoms. The van der Waals surface area contributed by atoms with Crippen molar-refractivity contribution in [1.29, 1.82) is 0 Å². The van der Waals surface area contributed by atoms with E-state index in [1.54, 1.807) is 0 Å². The first-order valence-corrected chi connectivity index (χ1v) is 16.4. The van der Waals surface area contributed by atoms with Crippen LogP contribution in [-0.4, -0.2) is 0 Å². The van der Waals surface area contributed by atoms with Crippen molar-refractivity contribution >= 4 is 76.2 Å². The Balaban J connectivity index is 1.29. The molecule has 0 aliphatic rings. The molecule has 0 atom stereocenters. The van der Waals surface area contributed by atoms with E-state index in [0.717, 1.165) is 65.8 Å². The van der Waals surface area contributed by atoms with Gasteiger partial charge in [0.1, 0.15) is 22.3 Å². The predicted molar refractivity (Wildman–Crippen MR) is 202 cm³/mol. The molecule has 0 saturated heterocycles. The Bertz CT molecular complexity index is 2950. The average molecular weight is 613 g/mol. The molecule has 2 heteroatoms. The summed E-state index contributed by atoms with van der Waals surface area (Å²) in [6.07, 6.45) is 0. The number of rotatable bonds is 2. The molecule has 0 spiro atoms. The summed E-state index contributed by atoms with van der Waals surface area (Å²) in [5, 5.41) is 11.3. The Morgan fingerprint density at radius 1 is 0.292 bits per heavy atom. The van der Waals surface area contributed by atoms with Gasteiger partial charge in [-0.15, -0.1) is 0 Å². The van der Waals surface area contributed by atoms with Crippen LogP contribution in [0, 0.1) is 0 Å². The maximum atomic E-state index is 6.84. The van der Waals surface area contributed by atoms with Crippen LogP contribution in [0.4, 0.5) is 0 Å². The van der Waals surface area contributed by atoms with Crippen LogP contribution in [0.25, 0.3) is 98.4 Å². The monoisotopic (exact) mass is 612 g/mol. The van der Waals surface area contributed by atoms with Crippen molar-refractivity contribution in [3.8, 4) is 22.3 Å². The lowest BCUT2D eigenvalue weighted by Crippen LogP contribution is -1.84. The van der Waals surface area contributed by atoms with Crippen LogP contribution < -0.4 is 0 Å². The number of hydrogen-bond acceptors (Lipinski definition) is 2. The highest BCUT2D eigenvalue weighted by molar-refractivity contribution is 6.34. The summed E-state index contributed by atoms with van der Waals surface area (Å²) >= 11 is 0. The summed E-state index contributed by atoms with van der Waals surface area (Å²) in [5.74, 6) is 0. The molecule has 0 N–H and O–H groups in total. The third kappa shape index (κ3) is 4.00. The summed E-state index contributed by atoms with van der Waals surface area (Å²) in [6.45, 7) is 0. The largest absolute Gasteiger partial charge is 0.455 e. The van der Waals surface area contributed by atoms with Crippen molar-refractivity contribution in [3.63, 3.8) is 0 Å². The third-order valence-electron chi connectivity index (χ3n) is 9.71. The zero-order valence-corrected chi connectivity index (χ0v) is 26.0. The maximum Gasteiger partial charge on any atom is 0.144 e. The fraction of sp³-hybridized carbons (Fsp3) is 0. The van der Waals surface area contributed by atoms with Gasteiger partial charge in [0.05, 0.1) is 0 Å². The normalized spacial score (nSPS) is 11.8. The van der Waals surface area contributed by atoms with Gasteiger partial charge in [-0.2, -0.15) is 0 Å². The van der Waals surface area contributed by atoms with Gasteiger partial charge in [-0.25, -0.2) is 0 Å². The smallest absolute Gasteiger partial charge is 0.144 e. The molecule has 8 aromatic carbocycles. The minimum Gasteiger partial charge on any atom is -0.455 e. The number of fused-ring (bicyclic) bond motifs is 12. The Kier molecular flexibility index (Phi) is 5.91. The third-order valence-corrected chi connectivity index (χ3v) is 9.71. The quantitative estimate of drug-likeness (QED) is 0.194. The van der Waals surface area contributed by atoms with Gasteiger partial charge in [0.25, 0.3) is 0 Å². The van der Waals surface area contributed by atoms with E-state index in [4.69, 9.17) is 8.83 Å². The number of benzene rings is 7. The van der Waals surface area contributed by atoms with Crippen LogP contribution in [0.15, 0.2) is 179 Å². The lowest BCUT2D eigenvalue weighted by Gasteiger charge is -2.11. The molecule has 2 nitrogen and oxygen atoms in total. The molecule has 0 radical (unpaired) electrons. The predicted octanol–water partition coefficient (Wildman–Crippen LogP) is 13.4. The van der Waals surface area contributed by atoms with Gasteiger partial charge >= 0.3 is 0 Å². The van der Waals surface area contributed by atoms with E-state index >= 15 is 0 Å². The van der Waals surface area contributed by atoms with Crippen molar-refractivity contribution < 1.29 is 8.83 Å². The molecule has 0 unspecified atom stereocenters. The second-order valence-electron chi connectivity index (χ2n) is 12.4. The highest BCUT2D eigenvalue weighted by atomic mass is 16.3. The molecule has 224 valence electrons. The van der Waals surface area contributed by atoms with Crippen LogP contribution >= 0.6 is 0 Å². The van der Waals surface area contributed by atoms with E-state index in [9.17, 15) is 0 Å². The first-order valence-electron chi connectivity index (χ1n) is 16.4. The first-order chi connectivity index (χ1) is 23.8. The molecule has 2 aromatic heterocycles. The Morgan fingerprint density at radius 2 is 0.771 bits per heavy atom. The van der Waals surface area contributed by atoms with Crippen LogP contribution in [-0.2, 0) is 0 Å². The molecule has 10 aromatic rings. The van der Waals surface area contributed by atoms with Gasteiger partial charge in [-0.1, -0.05) is 152 Å². The van der Waals surface area contributed by atoms with Gasteiger partial charge < -0.3 is 8.83 Å². The minimum atomic E-state index is 0.856. The molecular weight excluding hydrogens is 585 g/mol. The Hall–Kier alpha value is -6.38. The fourth-order valence-corrected chi connectivity index (χ4v) is 7.58.